The van der Waals surface area contributed by atoms with Crippen LogP contribution in [-0.4, -0.2) is 25.6 Å². The molecule has 0 saturated heterocycles. The van der Waals surface area contributed by atoms with Gasteiger partial charge in [-0.3, -0.25) is 4.99 Å². The highest BCUT2D eigenvalue weighted by Gasteiger charge is 2.10. The molecule has 4 heteroatoms. The zero-order valence-electron chi connectivity index (χ0n) is 8.21. The largest absolute Gasteiger partial charge is 0.357 e. The van der Waals surface area contributed by atoms with E-state index < -0.39 is 0 Å². The van der Waals surface area contributed by atoms with Crippen LogP contribution in [0.2, 0.25) is 0 Å². The minimum absolute atomic E-state index is 0. The van der Waals surface area contributed by atoms with Crippen LogP contribution in [-0.2, 0) is 0 Å². The Morgan fingerprint density at radius 1 is 1.46 bits per heavy atom. The van der Waals surface area contributed by atoms with Crippen LogP contribution in [0.4, 0.5) is 0 Å². The highest BCUT2D eigenvalue weighted by Crippen LogP contribution is 2.08. The second kappa shape index (κ2) is 7.17. The minimum Gasteiger partial charge on any atom is -0.357 e. The monoisotopic (exact) mass is 295 g/mol. The summed E-state index contributed by atoms with van der Waals surface area (Å²) in [4.78, 5) is 4.11. The van der Waals surface area contributed by atoms with Crippen LogP contribution in [0.3, 0.4) is 0 Å². The van der Waals surface area contributed by atoms with Gasteiger partial charge >= 0.3 is 0 Å². The van der Waals surface area contributed by atoms with Gasteiger partial charge in [-0.15, -0.1) is 24.0 Å². The predicted molar refractivity (Wildman–Crippen MR) is 67.7 cm³/mol. The number of aliphatic imine (C=N–C) groups is 1. The average Bonchev–Trinajstić information content (AvgIpc) is 2.56. The summed E-state index contributed by atoms with van der Waals surface area (Å²) in [7, 11) is 1.80. The number of hydrogen-bond donors (Lipinski definition) is 2. The summed E-state index contributed by atoms with van der Waals surface area (Å²) in [5, 5.41) is 6.51. The van der Waals surface area contributed by atoms with Gasteiger partial charge < -0.3 is 10.6 Å². The lowest BCUT2D eigenvalue weighted by Gasteiger charge is -2.15. The Bertz CT molecular complexity index is 181. The first-order valence-electron chi connectivity index (χ1n) is 4.49. The van der Waals surface area contributed by atoms with E-state index in [0.29, 0.717) is 6.04 Å². The second-order valence-electron chi connectivity index (χ2n) is 2.89. The van der Waals surface area contributed by atoms with E-state index in [9.17, 15) is 0 Å². The maximum Gasteiger partial charge on any atom is 0.191 e. The van der Waals surface area contributed by atoms with Crippen LogP contribution in [0, 0.1) is 0 Å². The van der Waals surface area contributed by atoms with E-state index in [-0.39, 0.29) is 24.0 Å². The fourth-order valence-corrected chi connectivity index (χ4v) is 1.29. The van der Waals surface area contributed by atoms with Gasteiger partial charge in [0.1, 0.15) is 0 Å². The minimum atomic E-state index is 0. The molecular weight excluding hydrogens is 277 g/mol. The zero-order valence-corrected chi connectivity index (χ0v) is 10.5. The molecule has 0 amide bonds. The summed E-state index contributed by atoms with van der Waals surface area (Å²) in [6, 6.07) is 0.544. The molecule has 0 unspecified atom stereocenters. The molecule has 3 nitrogen and oxygen atoms in total. The highest BCUT2D eigenvalue weighted by atomic mass is 127. The highest BCUT2D eigenvalue weighted by molar-refractivity contribution is 14.0. The van der Waals surface area contributed by atoms with Gasteiger partial charge in [-0.1, -0.05) is 12.2 Å². The molecule has 0 aromatic rings. The lowest BCUT2D eigenvalue weighted by Crippen LogP contribution is -2.42. The molecule has 2 N–H and O–H groups in total. The van der Waals surface area contributed by atoms with Gasteiger partial charge in [-0.05, 0) is 19.8 Å². The van der Waals surface area contributed by atoms with E-state index in [1.54, 1.807) is 7.05 Å². The third-order valence-corrected chi connectivity index (χ3v) is 1.92. The van der Waals surface area contributed by atoms with Gasteiger partial charge in [0.2, 0.25) is 0 Å². The van der Waals surface area contributed by atoms with E-state index in [0.717, 1.165) is 25.3 Å². The van der Waals surface area contributed by atoms with Crippen molar-refractivity contribution in [3.05, 3.63) is 12.2 Å². The van der Waals surface area contributed by atoms with Crippen molar-refractivity contribution in [1.82, 2.24) is 10.6 Å². The molecule has 0 aromatic carbocycles. The van der Waals surface area contributed by atoms with E-state index in [1.165, 1.54) is 0 Å². The van der Waals surface area contributed by atoms with Crippen molar-refractivity contribution in [2.75, 3.05) is 13.6 Å². The van der Waals surface area contributed by atoms with Crippen LogP contribution >= 0.6 is 24.0 Å². The molecule has 0 bridgehead atoms. The van der Waals surface area contributed by atoms with Crippen molar-refractivity contribution in [1.29, 1.82) is 0 Å². The van der Waals surface area contributed by atoms with Crippen LogP contribution in [0.15, 0.2) is 17.1 Å². The van der Waals surface area contributed by atoms with E-state index in [2.05, 4.69) is 34.7 Å². The van der Waals surface area contributed by atoms with Crippen molar-refractivity contribution >= 4 is 29.9 Å². The summed E-state index contributed by atoms with van der Waals surface area (Å²) < 4.78 is 0. The van der Waals surface area contributed by atoms with Gasteiger partial charge in [0.15, 0.2) is 5.96 Å². The van der Waals surface area contributed by atoms with Crippen molar-refractivity contribution < 1.29 is 0 Å². The molecule has 0 heterocycles. The molecule has 0 spiro atoms. The number of nitrogens with one attached hydrogen (secondary N) is 2. The Hall–Kier alpha value is -0.260. The van der Waals surface area contributed by atoms with Gasteiger partial charge in [0.05, 0.1) is 0 Å². The smallest absolute Gasteiger partial charge is 0.191 e. The molecule has 0 radical (unpaired) electrons. The molecule has 0 fully saturated rings. The predicted octanol–water partition coefficient (Wildman–Crippen LogP) is 1.51. The average molecular weight is 295 g/mol. The van der Waals surface area contributed by atoms with Crippen molar-refractivity contribution in [2.24, 2.45) is 4.99 Å². The van der Waals surface area contributed by atoms with Crippen LogP contribution in [0.25, 0.3) is 0 Å². The quantitative estimate of drug-likeness (QED) is 0.351. The van der Waals surface area contributed by atoms with Crippen molar-refractivity contribution in [3.63, 3.8) is 0 Å². The number of halogens is 1. The molecule has 13 heavy (non-hydrogen) atoms. The first-order chi connectivity index (χ1) is 5.86. The molecular formula is C9H18IN3. The summed E-state index contributed by atoms with van der Waals surface area (Å²) in [6.45, 7) is 2.99. The molecule has 0 atom stereocenters. The Labute approximate surface area is 97.1 Å². The summed E-state index contributed by atoms with van der Waals surface area (Å²) in [6.07, 6.45) is 6.64. The standard InChI is InChI=1S/C9H17N3.HI/c1-3-11-9(10-2)12-8-6-4-5-7-8;/h4-5,8H,3,6-7H2,1-2H3,(H2,10,11,12);1H. The Morgan fingerprint density at radius 2 is 2.08 bits per heavy atom. The summed E-state index contributed by atoms with van der Waals surface area (Å²) in [5.41, 5.74) is 0. The van der Waals surface area contributed by atoms with Gasteiger partial charge in [0.25, 0.3) is 0 Å². The third-order valence-electron chi connectivity index (χ3n) is 1.92. The molecule has 0 aliphatic heterocycles. The van der Waals surface area contributed by atoms with Crippen LogP contribution in [0.1, 0.15) is 19.8 Å². The third kappa shape index (κ3) is 4.50. The SMILES string of the molecule is CCNC(=NC)NC1CC=CC1.I. The summed E-state index contributed by atoms with van der Waals surface area (Å²) >= 11 is 0. The Kier molecular flexibility index (Phi) is 7.03. The lowest BCUT2D eigenvalue weighted by molar-refractivity contribution is 0.636. The maximum atomic E-state index is 4.11. The maximum absolute atomic E-state index is 4.11. The molecule has 1 aliphatic rings. The Balaban J connectivity index is 0.00000144. The fraction of sp³-hybridized carbons (Fsp3) is 0.667. The van der Waals surface area contributed by atoms with Crippen molar-refractivity contribution in [2.45, 2.75) is 25.8 Å². The molecule has 0 aromatic heterocycles. The first-order valence-corrected chi connectivity index (χ1v) is 4.49. The van der Waals surface area contributed by atoms with Gasteiger partial charge in [0, 0.05) is 19.6 Å². The second-order valence-corrected chi connectivity index (χ2v) is 2.89. The molecule has 1 aliphatic carbocycles. The molecule has 1 rings (SSSR count). The zero-order chi connectivity index (χ0) is 8.81. The van der Waals surface area contributed by atoms with E-state index >= 15 is 0 Å². The topological polar surface area (TPSA) is 36.4 Å². The first kappa shape index (κ1) is 12.7. The van der Waals surface area contributed by atoms with Gasteiger partial charge in [-0.25, -0.2) is 0 Å². The number of rotatable bonds is 2. The van der Waals surface area contributed by atoms with E-state index in [1.807, 2.05) is 0 Å². The Morgan fingerprint density at radius 3 is 2.54 bits per heavy atom. The molecule has 0 saturated carbocycles. The number of hydrogen-bond acceptors (Lipinski definition) is 1. The fourth-order valence-electron chi connectivity index (χ4n) is 1.29. The number of nitrogens with zero attached hydrogens (tertiary/aromatic N) is 1. The van der Waals surface area contributed by atoms with Crippen LogP contribution in [0.5, 0.6) is 0 Å². The van der Waals surface area contributed by atoms with E-state index in [4.69, 9.17) is 0 Å². The summed E-state index contributed by atoms with van der Waals surface area (Å²) in [5.74, 6) is 0.909. The van der Waals surface area contributed by atoms with Gasteiger partial charge in [-0.2, -0.15) is 0 Å². The number of guanidine groups is 1. The van der Waals surface area contributed by atoms with Crippen molar-refractivity contribution in [3.8, 4) is 0 Å². The normalized spacial score (nSPS) is 16.9. The van der Waals surface area contributed by atoms with Crippen LogP contribution < -0.4 is 10.6 Å². The molecule has 76 valence electrons. The lowest BCUT2D eigenvalue weighted by atomic mass is 10.2.